The molecule has 1 aromatic heterocycles. The minimum absolute atomic E-state index is 0. The van der Waals surface area contributed by atoms with E-state index in [0.29, 0.717) is 17.8 Å². The highest BCUT2D eigenvalue weighted by Crippen LogP contribution is 2.29. The zero-order valence-corrected chi connectivity index (χ0v) is 17.0. The van der Waals surface area contributed by atoms with Crippen LogP contribution in [-0.2, 0) is 6.18 Å². The van der Waals surface area contributed by atoms with Crippen LogP contribution in [0.4, 0.5) is 13.2 Å². The molecular weight excluding hydrogens is 468 g/mol. The number of ether oxygens (including phenoxy) is 1. The first-order valence-electron chi connectivity index (χ1n) is 7.71. The highest BCUT2D eigenvalue weighted by molar-refractivity contribution is 14.0. The third kappa shape index (κ3) is 7.89. The molecule has 1 atom stereocenters. The molecule has 0 amide bonds. The molecule has 0 spiro atoms. The Balaban J connectivity index is 0.00000312. The molecule has 0 bridgehead atoms. The Hall–Kier alpha value is -0.910. The van der Waals surface area contributed by atoms with Crippen LogP contribution < -0.4 is 15.4 Å². The highest BCUT2D eigenvalue weighted by atomic mass is 127. The van der Waals surface area contributed by atoms with E-state index in [9.17, 15) is 13.2 Å². The summed E-state index contributed by atoms with van der Waals surface area (Å²) < 4.78 is 42.6. The van der Waals surface area contributed by atoms with Gasteiger partial charge in [-0.05, 0) is 24.7 Å². The SMILES string of the molecule is CN=C(NCCOc1ccc(C(F)(F)F)cn1)NCC1CCCS1.I. The number of hydrogen-bond acceptors (Lipinski definition) is 4. The standard InChI is InChI=1S/C15H21F3N4OS.HI/c1-19-14(22-10-12-3-2-8-24-12)20-6-7-23-13-5-4-11(9-21-13)15(16,17)18;/h4-5,9,12H,2-3,6-8,10H2,1H3,(H2,19,20,22);1H. The van der Waals surface area contributed by atoms with Crippen LogP contribution in [0, 0.1) is 0 Å². The molecule has 2 rings (SSSR count). The third-order valence-electron chi connectivity index (χ3n) is 3.45. The van der Waals surface area contributed by atoms with Crippen molar-refractivity contribution in [3.05, 3.63) is 23.9 Å². The van der Waals surface area contributed by atoms with Crippen molar-refractivity contribution < 1.29 is 17.9 Å². The van der Waals surface area contributed by atoms with Gasteiger partial charge in [0.15, 0.2) is 5.96 Å². The van der Waals surface area contributed by atoms with Crippen molar-refractivity contribution in [1.29, 1.82) is 0 Å². The summed E-state index contributed by atoms with van der Waals surface area (Å²) >= 11 is 1.96. The van der Waals surface area contributed by atoms with Crippen molar-refractivity contribution in [2.24, 2.45) is 4.99 Å². The van der Waals surface area contributed by atoms with Gasteiger partial charge in [0.05, 0.1) is 12.1 Å². The molecule has 10 heteroatoms. The van der Waals surface area contributed by atoms with Gasteiger partial charge in [-0.3, -0.25) is 4.99 Å². The first kappa shape index (κ1) is 22.1. The quantitative estimate of drug-likeness (QED) is 0.278. The normalized spacial score (nSPS) is 17.8. The maximum Gasteiger partial charge on any atom is 0.417 e. The monoisotopic (exact) mass is 490 g/mol. The first-order chi connectivity index (χ1) is 11.5. The van der Waals surface area contributed by atoms with Crippen LogP contribution in [0.2, 0.25) is 0 Å². The minimum atomic E-state index is -4.39. The summed E-state index contributed by atoms with van der Waals surface area (Å²) in [7, 11) is 1.69. The maximum atomic E-state index is 12.4. The maximum absolute atomic E-state index is 12.4. The second-order valence-electron chi connectivity index (χ2n) is 5.25. The van der Waals surface area contributed by atoms with Gasteiger partial charge < -0.3 is 15.4 Å². The number of halogens is 4. The Bertz CT molecular complexity index is 537. The molecule has 1 fully saturated rings. The smallest absolute Gasteiger partial charge is 0.417 e. The van der Waals surface area contributed by atoms with E-state index in [1.54, 1.807) is 7.05 Å². The third-order valence-corrected chi connectivity index (χ3v) is 4.85. The second-order valence-corrected chi connectivity index (χ2v) is 6.65. The number of thioether (sulfide) groups is 1. The lowest BCUT2D eigenvalue weighted by atomic mass is 10.2. The summed E-state index contributed by atoms with van der Waals surface area (Å²) in [4.78, 5) is 7.77. The topological polar surface area (TPSA) is 58.5 Å². The largest absolute Gasteiger partial charge is 0.476 e. The van der Waals surface area contributed by atoms with Crippen molar-refractivity contribution in [2.75, 3.05) is 32.5 Å². The van der Waals surface area contributed by atoms with E-state index in [0.717, 1.165) is 18.8 Å². The molecule has 1 aliphatic heterocycles. The van der Waals surface area contributed by atoms with Crippen LogP contribution in [0.1, 0.15) is 18.4 Å². The first-order valence-corrected chi connectivity index (χ1v) is 8.76. The van der Waals surface area contributed by atoms with E-state index in [1.165, 1.54) is 24.7 Å². The van der Waals surface area contributed by atoms with Gasteiger partial charge in [-0.25, -0.2) is 4.98 Å². The van der Waals surface area contributed by atoms with Gasteiger partial charge in [0.25, 0.3) is 0 Å². The van der Waals surface area contributed by atoms with Gasteiger partial charge in [0.2, 0.25) is 5.88 Å². The summed E-state index contributed by atoms with van der Waals surface area (Å²) in [5, 5.41) is 6.97. The number of guanidine groups is 1. The van der Waals surface area contributed by atoms with Crippen LogP contribution in [0.5, 0.6) is 5.88 Å². The molecule has 142 valence electrons. The number of alkyl halides is 3. The van der Waals surface area contributed by atoms with Crippen molar-refractivity contribution in [3.63, 3.8) is 0 Å². The summed E-state index contributed by atoms with van der Waals surface area (Å²) in [5.41, 5.74) is -0.789. The van der Waals surface area contributed by atoms with Crippen LogP contribution in [0.3, 0.4) is 0 Å². The molecule has 0 saturated carbocycles. The molecule has 1 aliphatic rings. The van der Waals surface area contributed by atoms with E-state index >= 15 is 0 Å². The molecule has 25 heavy (non-hydrogen) atoms. The van der Waals surface area contributed by atoms with E-state index in [2.05, 4.69) is 20.6 Å². The number of aliphatic imine (C=N–C) groups is 1. The highest BCUT2D eigenvalue weighted by Gasteiger charge is 2.30. The lowest BCUT2D eigenvalue weighted by Gasteiger charge is -2.15. The average Bonchev–Trinajstić information content (AvgIpc) is 3.07. The summed E-state index contributed by atoms with van der Waals surface area (Å²) in [6.07, 6.45) is -1.14. The fourth-order valence-electron chi connectivity index (χ4n) is 2.19. The van der Waals surface area contributed by atoms with E-state index in [1.807, 2.05) is 11.8 Å². The second kappa shape index (κ2) is 10.9. The molecule has 2 N–H and O–H groups in total. The summed E-state index contributed by atoms with van der Waals surface area (Å²) in [6, 6.07) is 2.17. The number of hydrogen-bond donors (Lipinski definition) is 2. The molecule has 1 saturated heterocycles. The summed E-state index contributed by atoms with van der Waals surface area (Å²) in [5.74, 6) is 2.06. The Morgan fingerprint density at radius 1 is 1.40 bits per heavy atom. The predicted octanol–water partition coefficient (Wildman–Crippen LogP) is 3.16. The zero-order chi connectivity index (χ0) is 17.4. The number of pyridine rings is 1. The number of aromatic nitrogens is 1. The van der Waals surface area contributed by atoms with E-state index in [-0.39, 0.29) is 36.5 Å². The Labute approximate surface area is 166 Å². The number of nitrogens with one attached hydrogen (secondary N) is 2. The van der Waals surface area contributed by atoms with Gasteiger partial charge in [-0.1, -0.05) is 0 Å². The number of rotatable bonds is 6. The minimum Gasteiger partial charge on any atom is -0.476 e. The molecule has 0 aromatic carbocycles. The molecular formula is C15H22F3IN4OS. The molecule has 0 radical (unpaired) electrons. The van der Waals surface area contributed by atoms with Crippen LogP contribution >= 0.6 is 35.7 Å². The Kier molecular flexibility index (Phi) is 9.69. The average molecular weight is 490 g/mol. The van der Waals surface area contributed by atoms with Gasteiger partial charge in [0, 0.05) is 31.1 Å². The lowest BCUT2D eigenvalue weighted by Crippen LogP contribution is -2.41. The molecule has 1 unspecified atom stereocenters. The molecule has 1 aromatic rings. The Morgan fingerprint density at radius 3 is 2.76 bits per heavy atom. The van der Waals surface area contributed by atoms with Gasteiger partial charge in [-0.2, -0.15) is 24.9 Å². The zero-order valence-electron chi connectivity index (χ0n) is 13.8. The predicted molar refractivity (Wildman–Crippen MR) is 105 cm³/mol. The van der Waals surface area contributed by atoms with Gasteiger partial charge >= 0.3 is 6.18 Å². The molecule has 2 heterocycles. The molecule has 0 aliphatic carbocycles. The van der Waals surface area contributed by atoms with Crippen molar-refractivity contribution in [1.82, 2.24) is 15.6 Å². The fourth-order valence-corrected chi connectivity index (χ4v) is 3.40. The van der Waals surface area contributed by atoms with E-state index < -0.39 is 11.7 Å². The van der Waals surface area contributed by atoms with Crippen LogP contribution in [0.25, 0.3) is 0 Å². The Morgan fingerprint density at radius 2 is 2.20 bits per heavy atom. The fraction of sp³-hybridized carbons (Fsp3) is 0.600. The lowest BCUT2D eigenvalue weighted by molar-refractivity contribution is -0.137. The van der Waals surface area contributed by atoms with E-state index in [4.69, 9.17) is 4.74 Å². The van der Waals surface area contributed by atoms with Crippen LogP contribution in [-0.4, -0.2) is 48.7 Å². The molecule has 5 nitrogen and oxygen atoms in total. The van der Waals surface area contributed by atoms with Crippen molar-refractivity contribution >= 4 is 41.7 Å². The van der Waals surface area contributed by atoms with Crippen LogP contribution in [0.15, 0.2) is 23.3 Å². The van der Waals surface area contributed by atoms with Gasteiger partial charge in [0.1, 0.15) is 6.61 Å². The number of nitrogens with zero attached hydrogens (tertiary/aromatic N) is 2. The van der Waals surface area contributed by atoms with Crippen molar-refractivity contribution in [3.8, 4) is 5.88 Å². The van der Waals surface area contributed by atoms with Crippen molar-refractivity contribution in [2.45, 2.75) is 24.3 Å². The van der Waals surface area contributed by atoms with Gasteiger partial charge in [-0.15, -0.1) is 24.0 Å². The summed E-state index contributed by atoms with van der Waals surface area (Å²) in [6.45, 7) is 1.61.